The highest BCUT2D eigenvalue weighted by Crippen LogP contribution is 2.43. The summed E-state index contributed by atoms with van der Waals surface area (Å²) in [4.78, 5) is 0. The van der Waals surface area contributed by atoms with Gasteiger partial charge in [-0.15, -0.1) is 0 Å². The summed E-state index contributed by atoms with van der Waals surface area (Å²) in [5.74, 6) is -0.417. The fraction of sp³-hybridized carbons (Fsp3) is 0.207. The van der Waals surface area contributed by atoms with E-state index >= 15 is 8.78 Å². The molecule has 5 aromatic rings. The van der Waals surface area contributed by atoms with Gasteiger partial charge in [-0.25, -0.2) is 13.3 Å². The number of furan rings is 1. The van der Waals surface area contributed by atoms with Gasteiger partial charge in [0.1, 0.15) is 24.3 Å². The van der Waals surface area contributed by atoms with Crippen LogP contribution in [0.2, 0.25) is 0 Å². The normalized spacial score (nSPS) is 11.8. The predicted octanol–water partition coefficient (Wildman–Crippen LogP) is 7.76. The van der Waals surface area contributed by atoms with Crippen molar-refractivity contribution in [1.29, 1.82) is 0 Å². The largest absolute Gasteiger partial charge is 0.454 e. The van der Waals surface area contributed by atoms with Crippen LogP contribution < -0.4 is 4.57 Å². The summed E-state index contributed by atoms with van der Waals surface area (Å²) in [6.45, 7) is 8.31. The van der Waals surface area contributed by atoms with Crippen LogP contribution in [-0.2, 0) is 7.05 Å². The first-order valence-corrected chi connectivity index (χ1v) is 11.2. The number of nitrogens with zero attached hydrogens (tertiary/aromatic N) is 1. The highest BCUT2D eigenvalue weighted by atomic mass is 19.1. The Labute approximate surface area is 192 Å². The smallest absolute Gasteiger partial charge is 0.216 e. The van der Waals surface area contributed by atoms with E-state index in [9.17, 15) is 0 Å². The number of rotatable bonds is 3. The lowest BCUT2D eigenvalue weighted by molar-refractivity contribution is -0.660. The maximum atomic E-state index is 15.4. The van der Waals surface area contributed by atoms with Crippen LogP contribution in [0.1, 0.15) is 36.5 Å². The van der Waals surface area contributed by atoms with E-state index < -0.39 is 5.82 Å². The van der Waals surface area contributed by atoms with Crippen LogP contribution in [-0.4, -0.2) is 0 Å². The molecule has 2 nitrogen and oxygen atoms in total. The van der Waals surface area contributed by atoms with Gasteiger partial charge in [-0.05, 0) is 54.7 Å². The summed E-state index contributed by atoms with van der Waals surface area (Å²) in [6.07, 6.45) is 2.09. The molecular weight excluding hydrogens is 416 g/mol. The third kappa shape index (κ3) is 3.32. The molecule has 0 fully saturated rings. The quantitative estimate of drug-likeness (QED) is 0.261. The van der Waals surface area contributed by atoms with Gasteiger partial charge in [0.15, 0.2) is 11.8 Å². The van der Waals surface area contributed by atoms with Crippen LogP contribution in [0, 0.1) is 25.5 Å². The van der Waals surface area contributed by atoms with Crippen molar-refractivity contribution >= 4 is 21.9 Å². The minimum absolute atomic E-state index is 0.343. The van der Waals surface area contributed by atoms with E-state index in [0.29, 0.717) is 39.0 Å². The zero-order valence-corrected chi connectivity index (χ0v) is 19.5. The molecule has 3 aromatic carbocycles. The van der Waals surface area contributed by atoms with Crippen molar-refractivity contribution in [3.63, 3.8) is 0 Å². The lowest BCUT2D eigenvalue weighted by Gasteiger charge is -2.12. The molecule has 0 unspecified atom stereocenters. The number of aryl methyl sites for hydroxylation is 3. The lowest BCUT2D eigenvalue weighted by atomic mass is 9.94. The Hall–Kier alpha value is -3.53. The Kier molecular flexibility index (Phi) is 5.04. The van der Waals surface area contributed by atoms with Crippen molar-refractivity contribution in [2.75, 3.05) is 0 Å². The number of benzene rings is 3. The molecule has 0 saturated heterocycles. The van der Waals surface area contributed by atoms with Gasteiger partial charge < -0.3 is 4.42 Å². The molecule has 4 heteroatoms. The second kappa shape index (κ2) is 7.80. The minimum Gasteiger partial charge on any atom is -0.454 e. The Morgan fingerprint density at radius 1 is 0.818 bits per heavy atom. The summed E-state index contributed by atoms with van der Waals surface area (Å²) >= 11 is 0. The molecule has 5 rings (SSSR count). The van der Waals surface area contributed by atoms with E-state index in [1.165, 1.54) is 17.2 Å². The van der Waals surface area contributed by atoms with Gasteiger partial charge in [-0.1, -0.05) is 44.2 Å². The molecule has 0 spiro atoms. The van der Waals surface area contributed by atoms with E-state index in [-0.39, 0.29) is 5.82 Å². The molecule has 0 aliphatic heterocycles. The van der Waals surface area contributed by atoms with E-state index in [0.717, 1.165) is 16.8 Å². The van der Waals surface area contributed by atoms with Crippen LogP contribution in [0.3, 0.4) is 0 Å². The van der Waals surface area contributed by atoms with E-state index in [4.69, 9.17) is 4.42 Å². The van der Waals surface area contributed by atoms with Crippen LogP contribution in [0.15, 0.2) is 65.2 Å². The maximum Gasteiger partial charge on any atom is 0.216 e. The number of halogens is 2. The zero-order valence-electron chi connectivity index (χ0n) is 19.5. The van der Waals surface area contributed by atoms with Crippen molar-refractivity contribution < 1.29 is 17.8 Å². The number of aromatic nitrogens is 1. The van der Waals surface area contributed by atoms with Gasteiger partial charge >= 0.3 is 0 Å². The first-order valence-electron chi connectivity index (χ1n) is 11.2. The molecular formula is C29H26F2NO+. The number of hydrogen-bond acceptors (Lipinski definition) is 1. The summed E-state index contributed by atoms with van der Waals surface area (Å²) in [5.41, 5.74) is 6.82. The van der Waals surface area contributed by atoms with Crippen LogP contribution >= 0.6 is 0 Å². The average Bonchev–Trinajstić information content (AvgIpc) is 3.14. The Bertz CT molecular complexity index is 1530. The second-order valence-corrected chi connectivity index (χ2v) is 9.08. The zero-order chi connectivity index (χ0) is 23.4. The topological polar surface area (TPSA) is 17.0 Å². The third-order valence-corrected chi connectivity index (χ3v) is 6.47. The minimum atomic E-state index is -0.394. The van der Waals surface area contributed by atoms with Crippen LogP contribution in [0.4, 0.5) is 8.78 Å². The number of fused-ring (bicyclic) bond motifs is 3. The molecule has 2 heterocycles. The monoisotopic (exact) mass is 442 g/mol. The van der Waals surface area contributed by atoms with Gasteiger partial charge in [0, 0.05) is 17.0 Å². The molecule has 33 heavy (non-hydrogen) atoms. The average molecular weight is 443 g/mol. The second-order valence-electron chi connectivity index (χ2n) is 9.08. The van der Waals surface area contributed by atoms with Gasteiger partial charge in [-0.3, -0.25) is 0 Å². The Morgan fingerprint density at radius 2 is 1.55 bits per heavy atom. The van der Waals surface area contributed by atoms with Gasteiger partial charge in [0.05, 0.1) is 16.5 Å². The summed E-state index contributed by atoms with van der Waals surface area (Å²) in [6, 6.07) is 16.0. The Balaban J connectivity index is 1.92. The van der Waals surface area contributed by atoms with Gasteiger partial charge in [0.2, 0.25) is 5.69 Å². The van der Waals surface area contributed by atoms with E-state index in [2.05, 4.69) is 33.0 Å². The number of pyridine rings is 1. The molecule has 2 aromatic heterocycles. The van der Waals surface area contributed by atoms with Crippen molar-refractivity contribution in [1.82, 2.24) is 0 Å². The molecule has 0 N–H and O–H groups in total. The van der Waals surface area contributed by atoms with Crippen molar-refractivity contribution in [2.24, 2.45) is 7.05 Å². The molecule has 0 saturated carbocycles. The molecule has 0 atom stereocenters. The fourth-order valence-electron chi connectivity index (χ4n) is 4.92. The fourth-order valence-corrected chi connectivity index (χ4v) is 4.92. The first-order chi connectivity index (χ1) is 15.8. The summed E-state index contributed by atoms with van der Waals surface area (Å²) in [7, 11) is 1.98. The molecule has 0 amide bonds. The maximum absolute atomic E-state index is 15.4. The summed E-state index contributed by atoms with van der Waals surface area (Å²) in [5, 5.41) is 0.956. The highest BCUT2D eigenvalue weighted by molar-refractivity contribution is 6.13. The molecule has 0 bridgehead atoms. The van der Waals surface area contributed by atoms with Crippen molar-refractivity contribution in [3.8, 4) is 22.4 Å². The lowest BCUT2D eigenvalue weighted by Crippen LogP contribution is -2.32. The summed E-state index contributed by atoms with van der Waals surface area (Å²) < 4.78 is 38.8. The number of hydrogen-bond donors (Lipinski definition) is 0. The molecule has 166 valence electrons. The predicted molar refractivity (Wildman–Crippen MR) is 129 cm³/mol. The molecule has 0 aliphatic rings. The van der Waals surface area contributed by atoms with Crippen molar-refractivity contribution in [2.45, 2.75) is 33.6 Å². The van der Waals surface area contributed by atoms with Crippen LogP contribution in [0.25, 0.3) is 44.3 Å². The standard InChI is InChI=1S/C29H26F2NO/c1-16(2)21-14-24(32(5)15-18(21)4)25-17(3)13-23(31)27-20-11-12-22(30)26(28(20)33-29(25)27)19-9-7-6-8-10-19/h6-16H,1-5H3/q+1. The molecule has 0 aliphatic carbocycles. The SMILES string of the molecule is Cc1c[n+](C)c(-c2c(C)cc(F)c3c2oc2c(-c4ccccc4)c(F)ccc23)cc1C(C)C. The van der Waals surface area contributed by atoms with E-state index in [1.807, 2.05) is 48.9 Å². The van der Waals surface area contributed by atoms with Gasteiger partial charge in [-0.2, -0.15) is 0 Å². The molecule has 0 radical (unpaired) electrons. The Morgan fingerprint density at radius 3 is 2.24 bits per heavy atom. The first kappa shape index (κ1) is 21.3. The van der Waals surface area contributed by atoms with Gasteiger partial charge in [0.25, 0.3) is 0 Å². The highest BCUT2D eigenvalue weighted by Gasteiger charge is 2.26. The third-order valence-electron chi connectivity index (χ3n) is 6.47. The van der Waals surface area contributed by atoms with Crippen LogP contribution in [0.5, 0.6) is 0 Å². The van der Waals surface area contributed by atoms with Crippen molar-refractivity contribution in [3.05, 3.63) is 89.1 Å². The van der Waals surface area contributed by atoms with E-state index in [1.54, 1.807) is 12.1 Å².